The van der Waals surface area contributed by atoms with Crippen molar-refractivity contribution in [3.05, 3.63) is 70.2 Å². The summed E-state index contributed by atoms with van der Waals surface area (Å²) in [6.07, 6.45) is 5.83. The lowest BCUT2D eigenvalue weighted by Gasteiger charge is -2.08. The highest BCUT2D eigenvalue weighted by Gasteiger charge is 2.15. The fourth-order valence-corrected chi connectivity index (χ4v) is 3.34. The van der Waals surface area contributed by atoms with Crippen molar-refractivity contribution >= 4 is 17.1 Å². The molecule has 0 aliphatic carbocycles. The summed E-state index contributed by atoms with van der Waals surface area (Å²) in [6.45, 7) is 4.90. The number of hydrogen-bond donors (Lipinski definition) is 0. The number of carbonyl (C=O) groups excluding carboxylic acids is 1. The number of Topliss-reactive ketones (excluding diaryl/α,β-unsaturated/α-hetero) is 1. The smallest absolute Gasteiger partial charge is 0.186 e. The van der Waals surface area contributed by atoms with Gasteiger partial charge in [-0.25, -0.2) is 4.98 Å². The van der Waals surface area contributed by atoms with E-state index in [0.29, 0.717) is 18.9 Å². The minimum atomic E-state index is 0.105. The predicted octanol–water partition coefficient (Wildman–Crippen LogP) is 3.94. The second kappa shape index (κ2) is 6.87. The van der Waals surface area contributed by atoms with Gasteiger partial charge in [0.25, 0.3) is 0 Å². The fraction of sp³-hybridized carbons (Fsp3) is 0.278. The molecule has 0 aliphatic rings. The van der Waals surface area contributed by atoms with E-state index >= 15 is 0 Å². The van der Waals surface area contributed by atoms with E-state index in [4.69, 9.17) is 0 Å². The van der Waals surface area contributed by atoms with Gasteiger partial charge in [-0.15, -0.1) is 11.3 Å². The minimum absolute atomic E-state index is 0.105. The van der Waals surface area contributed by atoms with E-state index in [9.17, 15) is 4.79 Å². The zero-order valence-corrected chi connectivity index (χ0v) is 14.1. The van der Waals surface area contributed by atoms with E-state index in [-0.39, 0.29) is 5.78 Å². The van der Waals surface area contributed by atoms with Gasteiger partial charge in [0.1, 0.15) is 5.01 Å². The number of carbonyl (C=O) groups is 1. The van der Waals surface area contributed by atoms with Crippen molar-refractivity contribution in [2.75, 3.05) is 0 Å². The van der Waals surface area contributed by atoms with Gasteiger partial charge in [0, 0.05) is 30.5 Å². The molecular formula is C18H19N3OS. The Morgan fingerprint density at radius 1 is 1.26 bits per heavy atom. The lowest BCUT2D eigenvalue weighted by Crippen LogP contribution is -2.11. The summed E-state index contributed by atoms with van der Waals surface area (Å²) in [5, 5.41) is 2.93. The third kappa shape index (κ3) is 3.74. The van der Waals surface area contributed by atoms with Crippen LogP contribution in [0.5, 0.6) is 0 Å². The normalized spacial score (nSPS) is 11.1. The van der Waals surface area contributed by atoms with E-state index in [0.717, 1.165) is 22.0 Å². The first-order valence-electron chi connectivity index (χ1n) is 7.65. The maximum absolute atomic E-state index is 12.6. The highest BCUT2D eigenvalue weighted by molar-refractivity contribution is 7.09. The van der Waals surface area contributed by atoms with E-state index in [2.05, 4.69) is 23.8 Å². The van der Waals surface area contributed by atoms with Crippen molar-refractivity contribution in [1.82, 2.24) is 14.5 Å². The number of ketones is 1. The first-order chi connectivity index (χ1) is 11.1. The number of hydrogen-bond acceptors (Lipinski definition) is 4. The van der Waals surface area contributed by atoms with Gasteiger partial charge < -0.3 is 4.57 Å². The Morgan fingerprint density at radius 2 is 2.04 bits per heavy atom. The standard InChI is InChI=1S/C18H19N3OS/c1-13(2)15-12-23-18(20-15)10-17(22)16-4-3-9-21(16)11-14-5-7-19-8-6-14/h3-9,12-13H,10-11H2,1-2H3. The molecule has 0 amide bonds. The van der Waals surface area contributed by atoms with Crippen LogP contribution in [0.15, 0.2) is 48.2 Å². The summed E-state index contributed by atoms with van der Waals surface area (Å²) in [7, 11) is 0. The first kappa shape index (κ1) is 15.6. The molecule has 0 fully saturated rings. The summed E-state index contributed by atoms with van der Waals surface area (Å²) >= 11 is 1.56. The summed E-state index contributed by atoms with van der Waals surface area (Å²) < 4.78 is 1.98. The highest BCUT2D eigenvalue weighted by atomic mass is 32.1. The molecule has 0 aromatic carbocycles. The maximum atomic E-state index is 12.6. The summed E-state index contributed by atoms with van der Waals surface area (Å²) in [6, 6.07) is 7.71. The number of pyridine rings is 1. The van der Waals surface area contributed by atoms with Gasteiger partial charge in [0.05, 0.1) is 17.8 Å². The number of aromatic nitrogens is 3. The minimum Gasteiger partial charge on any atom is -0.341 e. The van der Waals surface area contributed by atoms with E-state index in [1.807, 2.05) is 40.4 Å². The van der Waals surface area contributed by atoms with Crippen LogP contribution in [0.3, 0.4) is 0 Å². The number of nitrogens with zero attached hydrogens (tertiary/aromatic N) is 3. The van der Waals surface area contributed by atoms with Crippen molar-refractivity contribution in [2.45, 2.75) is 32.7 Å². The second-order valence-corrected chi connectivity index (χ2v) is 6.74. The topological polar surface area (TPSA) is 47.8 Å². The van der Waals surface area contributed by atoms with Crippen LogP contribution in [-0.2, 0) is 13.0 Å². The van der Waals surface area contributed by atoms with Gasteiger partial charge in [-0.1, -0.05) is 13.8 Å². The largest absolute Gasteiger partial charge is 0.341 e. The Balaban J connectivity index is 1.74. The SMILES string of the molecule is CC(C)c1csc(CC(=O)c2cccn2Cc2ccncc2)n1. The third-order valence-corrected chi connectivity index (χ3v) is 4.56. The molecule has 0 aliphatic heterocycles. The summed E-state index contributed by atoms with van der Waals surface area (Å²) in [5.41, 5.74) is 2.91. The molecule has 0 spiro atoms. The molecule has 3 aromatic heterocycles. The maximum Gasteiger partial charge on any atom is 0.186 e. The molecular weight excluding hydrogens is 306 g/mol. The van der Waals surface area contributed by atoms with Crippen LogP contribution in [0.4, 0.5) is 0 Å². The second-order valence-electron chi connectivity index (χ2n) is 5.80. The number of thiazole rings is 1. The quantitative estimate of drug-likeness (QED) is 0.645. The zero-order chi connectivity index (χ0) is 16.2. The molecule has 0 saturated heterocycles. The van der Waals surface area contributed by atoms with Gasteiger partial charge in [-0.05, 0) is 35.7 Å². The van der Waals surface area contributed by atoms with Gasteiger partial charge in [0.15, 0.2) is 5.78 Å². The Kier molecular flexibility index (Phi) is 4.67. The molecule has 0 bridgehead atoms. The molecule has 0 N–H and O–H groups in total. The average Bonchev–Trinajstić information content (AvgIpc) is 3.17. The molecule has 3 heterocycles. The molecule has 0 saturated carbocycles. The highest BCUT2D eigenvalue weighted by Crippen LogP contribution is 2.19. The molecule has 5 heteroatoms. The van der Waals surface area contributed by atoms with Gasteiger partial charge in [0.2, 0.25) is 0 Å². The van der Waals surface area contributed by atoms with Crippen LogP contribution in [0.2, 0.25) is 0 Å². The molecule has 4 nitrogen and oxygen atoms in total. The Labute approximate surface area is 139 Å². The van der Waals surface area contributed by atoms with Crippen LogP contribution in [0, 0.1) is 0 Å². The molecule has 0 atom stereocenters. The van der Waals surface area contributed by atoms with Crippen LogP contribution >= 0.6 is 11.3 Å². The lowest BCUT2D eigenvalue weighted by atomic mass is 10.1. The van der Waals surface area contributed by atoms with Gasteiger partial charge in [-0.3, -0.25) is 9.78 Å². The van der Waals surface area contributed by atoms with E-state index < -0.39 is 0 Å². The van der Waals surface area contributed by atoms with Crippen LogP contribution in [0.1, 0.15) is 46.5 Å². The van der Waals surface area contributed by atoms with Crippen molar-refractivity contribution in [3.63, 3.8) is 0 Å². The van der Waals surface area contributed by atoms with Gasteiger partial charge >= 0.3 is 0 Å². The van der Waals surface area contributed by atoms with Crippen LogP contribution < -0.4 is 0 Å². The Morgan fingerprint density at radius 3 is 2.74 bits per heavy atom. The number of rotatable bonds is 6. The Hall–Kier alpha value is -2.27. The first-order valence-corrected chi connectivity index (χ1v) is 8.53. The average molecular weight is 325 g/mol. The predicted molar refractivity (Wildman–Crippen MR) is 92.0 cm³/mol. The molecule has 3 rings (SSSR count). The van der Waals surface area contributed by atoms with Gasteiger partial charge in [-0.2, -0.15) is 0 Å². The lowest BCUT2D eigenvalue weighted by molar-refractivity contribution is 0.0984. The van der Waals surface area contributed by atoms with Crippen molar-refractivity contribution in [3.8, 4) is 0 Å². The zero-order valence-electron chi connectivity index (χ0n) is 13.3. The molecule has 23 heavy (non-hydrogen) atoms. The summed E-state index contributed by atoms with van der Waals surface area (Å²) in [5.74, 6) is 0.499. The monoisotopic (exact) mass is 325 g/mol. The molecule has 0 radical (unpaired) electrons. The van der Waals surface area contributed by atoms with Crippen molar-refractivity contribution in [1.29, 1.82) is 0 Å². The third-order valence-electron chi connectivity index (χ3n) is 3.69. The van der Waals surface area contributed by atoms with E-state index in [1.54, 1.807) is 23.7 Å². The molecule has 118 valence electrons. The van der Waals surface area contributed by atoms with Crippen LogP contribution in [-0.4, -0.2) is 20.3 Å². The van der Waals surface area contributed by atoms with Crippen LogP contribution in [0.25, 0.3) is 0 Å². The fourth-order valence-electron chi connectivity index (χ4n) is 2.39. The van der Waals surface area contributed by atoms with Crippen molar-refractivity contribution < 1.29 is 4.79 Å². The summed E-state index contributed by atoms with van der Waals surface area (Å²) in [4.78, 5) is 21.2. The van der Waals surface area contributed by atoms with Crippen molar-refractivity contribution in [2.24, 2.45) is 0 Å². The molecule has 3 aromatic rings. The molecule has 0 unspecified atom stereocenters. The van der Waals surface area contributed by atoms with E-state index in [1.165, 1.54) is 0 Å². The Bertz CT molecular complexity index is 789.